The summed E-state index contributed by atoms with van der Waals surface area (Å²) in [6, 6.07) is 15.7. The molecule has 2 aromatic rings. The fourth-order valence-electron chi connectivity index (χ4n) is 2.55. The smallest absolute Gasteiger partial charge is 0.224 e. The van der Waals surface area contributed by atoms with Gasteiger partial charge in [0.15, 0.2) is 11.5 Å². The quantitative estimate of drug-likeness (QED) is 0.923. The van der Waals surface area contributed by atoms with E-state index in [1.54, 1.807) is 0 Å². The average molecular weight is 311 g/mol. The molecule has 1 aliphatic heterocycles. The van der Waals surface area contributed by atoms with Crippen molar-refractivity contribution in [1.29, 1.82) is 0 Å². The Morgan fingerprint density at radius 2 is 1.74 bits per heavy atom. The standard InChI is InChI=1S/C19H21NO3/c21-19(14-15-5-2-1-3-6-15)20-10-9-16-7-8-17-18(13-16)23-12-4-11-22-17/h1-3,5-8,13H,4,9-12,14H2,(H,20,21). The van der Waals surface area contributed by atoms with E-state index in [1.165, 1.54) is 0 Å². The Labute approximate surface area is 136 Å². The Kier molecular flexibility index (Phi) is 5.14. The van der Waals surface area contributed by atoms with Gasteiger partial charge in [0.1, 0.15) is 0 Å². The number of benzene rings is 2. The van der Waals surface area contributed by atoms with Crippen LogP contribution in [0, 0.1) is 0 Å². The summed E-state index contributed by atoms with van der Waals surface area (Å²) in [7, 11) is 0. The van der Waals surface area contributed by atoms with Crippen LogP contribution in [0.1, 0.15) is 17.5 Å². The van der Waals surface area contributed by atoms with Crippen molar-refractivity contribution in [2.45, 2.75) is 19.3 Å². The first-order valence-corrected chi connectivity index (χ1v) is 8.00. The summed E-state index contributed by atoms with van der Waals surface area (Å²) in [5.74, 6) is 1.65. The van der Waals surface area contributed by atoms with E-state index < -0.39 is 0 Å². The highest BCUT2D eigenvalue weighted by atomic mass is 16.5. The second-order valence-corrected chi connectivity index (χ2v) is 5.59. The van der Waals surface area contributed by atoms with Crippen molar-refractivity contribution in [3.8, 4) is 11.5 Å². The molecule has 0 saturated heterocycles. The lowest BCUT2D eigenvalue weighted by atomic mass is 10.1. The Morgan fingerprint density at radius 3 is 2.57 bits per heavy atom. The van der Waals surface area contributed by atoms with E-state index in [1.807, 2.05) is 48.5 Å². The number of nitrogens with one attached hydrogen (secondary N) is 1. The third kappa shape index (κ3) is 4.49. The predicted octanol–water partition coefficient (Wildman–Crippen LogP) is 2.75. The van der Waals surface area contributed by atoms with Gasteiger partial charge in [-0.3, -0.25) is 4.79 Å². The zero-order valence-corrected chi connectivity index (χ0v) is 13.1. The highest BCUT2D eigenvalue weighted by molar-refractivity contribution is 5.78. The summed E-state index contributed by atoms with van der Waals surface area (Å²) in [6.45, 7) is 2.00. The molecule has 0 spiro atoms. The lowest BCUT2D eigenvalue weighted by Crippen LogP contribution is -2.27. The molecule has 0 unspecified atom stereocenters. The largest absolute Gasteiger partial charge is 0.490 e. The highest BCUT2D eigenvalue weighted by Gasteiger charge is 2.10. The van der Waals surface area contributed by atoms with Gasteiger partial charge in [-0.2, -0.15) is 0 Å². The molecule has 120 valence electrons. The summed E-state index contributed by atoms with van der Waals surface area (Å²) < 4.78 is 11.3. The molecule has 4 heteroatoms. The number of ether oxygens (including phenoxy) is 2. The third-order valence-electron chi connectivity index (χ3n) is 3.76. The van der Waals surface area contributed by atoms with Crippen LogP contribution in [0.4, 0.5) is 0 Å². The van der Waals surface area contributed by atoms with Gasteiger partial charge in [-0.25, -0.2) is 0 Å². The van der Waals surface area contributed by atoms with E-state index in [4.69, 9.17) is 9.47 Å². The van der Waals surface area contributed by atoms with Crippen molar-refractivity contribution < 1.29 is 14.3 Å². The second-order valence-electron chi connectivity index (χ2n) is 5.59. The molecule has 0 aromatic heterocycles. The summed E-state index contributed by atoms with van der Waals surface area (Å²) in [5, 5.41) is 2.96. The molecule has 3 rings (SSSR count). The summed E-state index contributed by atoms with van der Waals surface area (Å²) in [6.07, 6.45) is 2.10. The molecule has 4 nitrogen and oxygen atoms in total. The zero-order chi connectivity index (χ0) is 15.9. The molecule has 2 aromatic carbocycles. The minimum atomic E-state index is 0.0468. The van der Waals surface area contributed by atoms with Crippen molar-refractivity contribution in [2.24, 2.45) is 0 Å². The van der Waals surface area contributed by atoms with Crippen molar-refractivity contribution in [2.75, 3.05) is 19.8 Å². The zero-order valence-electron chi connectivity index (χ0n) is 13.1. The van der Waals surface area contributed by atoms with Gasteiger partial charge in [0.2, 0.25) is 5.91 Å². The average Bonchev–Trinajstić information content (AvgIpc) is 2.80. The van der Waals surface area contributed by atoms with Crippen LogP contribution in [-0.4, -0.2) is 25.7 Å². The molecule has 0 radical (unpaired) electrons. The maximum atomic E-state index is 11.9. The molecule has 1 amide bonds. The first-order chi connectivity index (χ1) is 11.3. The van der Waals surface area contributed by atoms with Crippen LogP contribution in [0.3, 0.4) is 0 Å². The number of hydrogen-bond acceptors (Lipinski definition) is 3. The monoisotopic (exact) mass is 311 g/mol. The van der Waals surface area contributed by atoms with Gasteiger partial charge in [0, 0.05) is 13.0 Å². The second kappa shape index (κ2) is 7.68. The fourth-order valence-corrected chi connectivity index (χ4v) is 2.55. The van der Waals surface area contributed by atoms with Crippen molar-refractivity contribution in [1.82, 2.24) is 5.32 Å². The number of rotatable bonds is 5. The Balaban J connectivity index is 1.49. The minimum absolute atomic E-state index is 0.0468. The Hall–Kier alpha value is -2.49. The Morgan fingerprint density at radius 1 is 0.957 bits per heavy atom. The fraction of sp³-hybridized carbons (Fsp3) is 0.316. The van der Waals surface area contributed by atoms with Gasteiger partial charge in [-0.1, -0.05) is 36.4 Å². The van der Waals surface area contributed by atoms with Crippen LogP contribution in [0.2, 0.25) is 0 Å². The molecule has 0 saturated carbocycles. The van der Waals surface area contributed by atoms with Gasteiger partial charge in [0.05, 0.1) is 19.6 Å². The number of fused-ring (bicyclic) bond motifs is 1. The van der Waals surface area contributed by atoms with E-state index in [-0.39, 0.29) is 5.91 Å². The van der Waals surface area contributed by atoms with Crippen LogP contribution in [0.5, 0.6) is 11.5 Å². The molecule has 0 bridgehead atoms. The molecule has 0 fully saturated rings. The van der Waals surface area contributed by atoms with E-state index in [0.29, 0.717) is 26.2 Å². The van der Waals surface area contributed by atoms with Gasteiger partial charge in [0.25, 0.3) is 0 Å². The summed E-state index contributed by atoms with van der Waals surface area (Å²) in [4.78, 5) is 11.9. The van der Waals surface area contributed by atoms with E-state index in [2.05, 4.69) is 5.32 Å². The lowest BCUT2D eigenvalue weighted by molar-refractivity contribution is -0.120. The summed E-state index contributed by atoms with van der Waals surface area (Å²) in [5.41, 5.74) is 2.16. The highest BCUT2D eigenvalue weighted by Crippen LogP contribution is 2.30. The molecule has 1 heterocycles. The van der Waals surface area contributed by atoms with E-state index >= 15 is 0 Å². The Bertz CT molecular complexity index is 655. The number of hydrogen-bond donors (Lipinski definition) is 1. The van der Waals surface area contributed by atoms with Gasteiger partial charge in [-0.15, -0.1) is 0 Å². The number of carbonyl (C=O) groups excluding carboxylic acids is 1. The maximum absolute atomic E-state index is 11.9. The molecule has 0 atom stereocenters. The van der Waals surface area contributed by atoms with Crippen molar-refractivity contribution in [3.05, 3.63) is 59.7 Å². The normalized spacial score (nSPS) is 13.2. The lowest BCUT2D eigenvalue weighted by Gasteiger charge is -2.10. The third-order valence-corrected chi connectivity index (χ3v) is 3.76. The van der Waals surface area contributed by atoms with Gasteiger partial charge < -0.3 is 14.8 Å². The molecular weight excluding hydrogens is 290 g/mol. The minimum Gasteiger partial charge on any atom is -0.490 e. The molecule has 1 N–H and O–H groups in total. The summed E-state index contributed by atoms with van der Waals surface area (Å²) >= 11 is 0. The first-order valence-electron chi connectivity index (χ1n) is 8.00. The SMILES string of the molecule is O=C(Cc1ccccc1)NCCc1ccc2c(c1)OCCCO2. The molecule has 0 aliphatic carbocycles. The van der Waals surface area contributed by atoms with Crippen LogP contribution >= 0.6 is 0 Å². The van der Waals surface area contributed by atoms with E-state index in [0.717, 1.165) is 35.5 Å². The predicted molar refractivity (Wildman–Crippen MR) is 88.9 cm³/mol. The number of carbonyl (C=O) groups is 1. The van der Waals surface area contributed by atoms with Crippen LogP contribution in [0.25, 0.3) is 0 Å². The molecule has 23 heavy (non-hydrogen) atoms. The van der Waals surface area contributed by atoms with Crippen LogP contribution in [0.15, 0.2) is 48.5 Å². The maximum Gasteiger partial charge on any atom is 0.224 e. The van der Waals surface area contributed by atoms with Gasteiger partial charge >= 0.3 is 0 Å². The molecule has 1 aliphatic rings. The first kappa shape index (κ1) is 15.4. The molecular formula is C19H21NO3. The number of amides is 1. The van der Waals surface area contributed by atoms with E-state index in [9.17, 15) is 4.79 Å². The van der Waals surface area contributed by atoms with Crippen LogP contribution < -0.4 is 14.8 Å². The van der Waals surface area contributed by atoms with Gasteiger partial charge in [-0.05, 0) is 29.7 Å². The topological polar surface area (TPSA) is 47.6 Å². The van der Waals surface area contributed by atoms with Crippen molar-refractivity contribution >= 4 is 5.91 Å². The van der Waals surface area contributed by atoms with Crippen LogP contribution in [-0.2, 0) is 17.6 Å². The van der Waals surface area contributed by atoms with Crippen molar-refractivity contribution in [3.63, 3.8) is 0 Å².